The molecule has 0 amide bonds. The molecule has 1 aromatic heterocycles. The number of aromatic amines is 1. The third-order valence-corrected chi connectivity index (χ3v) is 1.91. The first-order chi connectivity index (χ1) is 6.75. The quantitative estimate of drug-likeness (QED) is 0.735. The van der Waals surface area contributed by atoms with E-state index in [0.717, 1.165) is 6.92 Å². The molecule has 0 spiro atoms. The van der Waals surface area contributed by atoms with Crippen molar-refractivity contribution in [1.29, 1.82) is 0 Å². The maximum absolute atomic E-state index is 12.3. The Hall–Kier alpha value is -1.40. The summed E-state index contributed by atoms with van der Waals surface area (Å²) in [5.74, 6) is 0. The Morgan fingerprint density at radius 1 is 1.33 bits per heavy atom. The molecular weight excluding hydrogens is 221 g/mol. The van der Waals surface area contributed by atoms with Crippen molar-refractivity contribution in [3.05, 3.63) is 33.2 Å². The molecule has 0 aliphatic rings. The molecule has 15 heavy (non-hydrogen) atoms. The lowest BCUT2D eigenvalue weighted by Gasteiger charge is -2.11. The molecule has 7 heteroatoms. The van der Waals surface area contributed by atoms with Gasteiger partial charge in [-0.25, -0.2) is 8.78 Å². The van der Waals surface area contributed by atoms with Crippen LogP contribution >= 0.6 is 0 Å². The molecule has 1 aromatic rings. The first-order valence-corrected chi connectivity index (χ1v) is 3.82. The van der Waals surface area contributed by atoms with E-state index in [-0.39, 0.29) is 0 Å². The van der Waals surface area contributed by atoms with Gasteiger partial charge in [0, 0.05) is 11.8 Å². The van der Waals surface area contributed by atoms with Gasteiger partial charge in [-0.3, -0.25) is 4.79 Å². The van der Waals surface area contributed by atoms with E-state index in [4.69, 9.17) is 0 Å². The van der Waals surface area contributed by atoms with Gasteiger partial charge < -0.3 is 4.98 Å². The van der Waals surface area contributed by atoms with Gasteiger partial charge in [0.2, 0.25) is 0 Å². The van der Waals surface area contributed by atoms with Crippen molar-refractivity contribution in [3.63, 3.8) is 0 Å². The average molecular weight is 227 g/mol. The van der Waals surface area contributed by atoms with Crippen LogP contribution < -0.4 is 5.56 Å². The predicted octanol–water partition coefficient (Wildman–Crippen LogP) is 2.64. The summed E-state index contributed by atoms with van der Waals surface area (Å²) < 4.78 is 61.3. The molecule has 0 saturated heterocycles. The lowest BCUT2D eigenvalue weighted by molar-refractivity contribution is -0.139. The molecule has 84 valence electrons. The van der Waals surface area contributed by atoms with E-state index in [1.165, 1.54) is 0 Å². The number of halogens is 5. The minimum atomic E-state index is -4.93. The number of rotatable bonds is 1. The van der Waals surface area contributed by atoms with E-state index in [9.17, 15) is 26.7 Å². The summed E-state index contributed by atoms with van der Waals surface area (Å²) in [7, 11) is 0. The van der Waals surface area contributed by atoms with Gasteiger partial charge in [0.1, 0.15) is 5.56 Å². The van der Waals surface area contributed by atoms with E-state index in [2.05, 4.69) is 0 Å². The second-order valence-electron chi connectivity index (χ2n) is 2.87. The topological polar surface area (TPSA) is 32.9 Å². The number of pyridine rings is 1. The SMILES string of the molecule is Cc1c(C(F)F)c[nH]c(=O)c1C(F)(F)F. The summed E-state index contributed by atoms with van der Waals surface area (Å²) >= 11 is 0. The highest BCUT2D eigenvalue weighted by atomic mass is 19.4. The molecule has 0 radical (unpaired) electrons. The Morgan fingerprint density at radius 3 is 2.27 bits per heavy atom. The number of H-pyrrole nitrogens is 1. The lowest BCUT2D eigenvalue weighted by Crippen LogP contribution is -2.24. The third kappa shape index (κ3) is 2.16. The number of alkyl halides is 5. The Morgan fingerprint density at radius 2 is 1.87 bits per heavy atom. The van der Waals surface area contributed by atoms with Gasteiger partial charge in [-0.15, -0.1) is 0 Å². The van der Waals surface area contributed by atoms with Crippen molar-refractivity contribution in [2.75, 3.05) is 0 Å². The zero-order valence-corrected chi connectivity index (χ0v) is 7.45. The summed E-state index contributed by atoms with van der Waals surface area (Å²) in [4.78, 5) is 12.5. The fourth-order valence-electron chi connectivity index (χ4n) is 1.21. The average Bonchev–Trinajstić information content (AvgIpc) is 2.00. The van der Waals surface area contributed by atoms with Crippen LogP contribution in [0.5, 0.6) is 0 Å². The van der Waals surface area contributed by atoms with Crippen LogP contribution in [0.25, 0.3) is 0 Å². The smallest absolute Gasteiger partial charge is 0.328 e. The number of nitrogens with one attached hydrogen (secondary N) is 1. The molecule has 0 saturated carbocycles. The van der Waals surface area contributed by atoms with Crippen molar-refractivity contribution in [3.8, 4) is 0 Å². The van der Waals surface area contributed by atoms with Crippen LogP contribution in [0.3, 0.4) is 0 Å². The monoisotopic (exact) mass is 227 g/mol. The first kappa shape index (κ1) is 11.7. The minimum Gasteiger partial charge on any atom is -0.328 e. The highest BCUT2D eigenvalue weighted by Crippen LogP contribution is 2.32. The second kappa shape index (κ2) is 3.63. The predicted molar refractivity (Wildman–Crippen MR) is 41.8 cm³/mol. The van der Waals surface area contributed by atoms with E-state index in [1.807, 2.05) is 0 Å². The van der Waals surface area contributed by atoms with E-state index in [0.29, 0.717) is 6.20 Å². The Kier molecular flexibility index (Phi) is 2.83. The van der Waals surface area contributed by atoms with Gasteiger partial charge in [-0.2, -0.15) is 13.2 Å². The molecule has 2 nitrogen and oxygen atoms in total. The number of hydrogen-bond donors (Lipinski definition) is 1. The van der Waals surface area contributed by atoms with E-state index < -0.39 is 34.9 Å². The van der Waals surface area contributed by atoms with Crippen LogP contribution in [0, 0.1) is 6.92 Å². The Balaban J connectivity index is 3.51. The summed E-state index contributed by atoms with van der Waals surface area (Å²) in [5.41, 5.74) is -4.53. The minimum absolute atomic E-state index is 0.595. The summed E-state index contributed by atoms with van der Waals surface area (Å²) in [5, 5.41) is 0. The molecule has 0 aliphatic heterocycles. The zero-order valence-electron chi connectivity index (χ0n) is 7.45. The maximum Gasteiger partial charge on any atom is 0.421 e. The number of hydrogen-bond acceptors (Lipinski definition) is 1. The molecule has 1 heterocycles. The van der Waals surface area contributed by atoms with Gasteiger partial charge in [0.05, 0.1) is 0 Å². The number of aromatic nitrogens is 1. The second-order valence-corrected chi connectivity index (χ2v) is 2.87. The van der Waals surface area contributed by atoms with E-state index >= 15 is 0 Å². The van der Waals surface area contributed by atoms with Gasteiger partial charge >= 0.3 is 6.18 Å². The maximum atomic E-state index is 12.3. The van der Waals surface area contributed by atoms with Gasteiger partial charge in [-0.1, -0.05) is 0 Å². The van der Waals surface area contributed by atoms with Crippen molar-refractivity contribution >= 4 is 0 Å². The third-order valence-electron chi connectivity index (χ3n) is 1.91. The highest BCUT2D eigenvalue weighted by molar-refractivity contribution is 5.33. The Bertz CT molecular complexity index is 420. The fraction of sp³-hybridized carbons (Fsp3) is 0.375. The largest absolute Gasteiger partial charge is 0.421 e. The first-order valence-electron chi connectivity index (χ1n) is 3.82. The zero-order chi connectivity index (χ0) is 11.8. The molecule has 0 unspecified atom stereocenters. The van der Waals surface area contributed by atoms with Crippen molar-refractivity contribution in [2.24, 2.45) is 0 Å². The standard InChI is InChI=1S/C8H6F5NO/c1-3-4(6(9)10)2-14-7(15)5(3)8(11,12)13/h2,6H,1H3,(H,14,15). The van der Waals surface area contributed by atoms with Crippen LogP contribution in [-0.4, -0.2) is 4.98 Å². The highest BCUT2D eigenvalue weighted by Gasteiger charge is 2.37. The molecular formula is C8H6F5NO. The molecule has 0 bridgehead atoms. The molecule has 0 aromatic carbocycles. The van der Waals surface area contributed by atoms with Crippen molar-refractivity contribution < 1.29 is 22.0 Å². The van der Waals surface area contributed by atoms with Crippen molar-refractivity contribution in [2.45, 2.75) is 19.5 Å². The van der Waals surface area contributed by atoms with Crippen molar-refractivity contribution in [1.82, 2.24) is 4.98 Å². The summed E-state index contributed by atoms with van der Waals surface area (Å²) in [6.07, 6.45) is -7.39. The van der Waals surface area contributed by atoms with E-state index in [1.54, 1.807) is 4.98 Å². The van der Waals surface area contributed by atoms with Gasteiger partial charge in [0.15, 0.2) is 0 Å². The molecule has 0 aliphatic carbocycles. The van der Waals surface area contributed by atoms with Crippen LogP contribution in [0.4, 0.5) is 22.0 Å². The summed E-state index contributed by atoms with van der Waals surface area (Å²) in [6, 6.07) is 0. The molecule has 1 rings (SSSR count). The molecule has 1 N–H and O–H groups in total. The normalized spacial score (nSPS) is 12.2. The van der Waals surface area contributed by atoms with Gasteiger partial charge in [0.25, 0.3) is 12.0 Å². The molecule has 0 fully saturated rings. The lowest BCUT2D eigenvalue weighted by atomic mass is 10.1. The van der Waals surface area contributed by atoms with Gasteiger partial charge in [-0.05, 0) is 12.5 Å². The van der Waals surface area contributed by atoms with Crippen LogP contribution in [0.1, 0.15) is 23.1 Å². The Labute approximate surface area is 80.7 Å². The van der Waals surface area contributed by atoms with Crippen LogP contribution in [-0.2, 0) is 6.18 Å². The molecule has 0 atom stereocenters. The van der Waals surface area contributed by atoms with Crippen LogP contribution in [0.2, 0.25) is 0 Å². The fourth-order valence-corrected chi connectivity index (χ4v) is 1.21. The van der Waals surface area contributed by atoms with Crippen LogP contribution in [0.15, 0.2) is 11.0 Å². The summed E-state index contributed by atoms with van der Waals surface area (Å²) in [6.45, 7) is 0.847.